The Morgan fingerprint density at radius 3 is 2.60 bits per heavy atom. The second-order valence-corrected chi connectivity index (χ2v) is 7.22. The van der Waals surface area contributed by atoms with Gasteiger partial charge in [-0.2, -0.15) is 5.10 Å². The van der Waals surface area contributed by atoms with E-state index in [-0.39, 0.29) is 22.3 Å². The smallest absolute Gasteiger partial charge is 0.264 e. The number of H-pyrrole nitrogens is 1. The summed E-state index contributed by atoms with van der Waals surface area (Å²) in [7, 11) is 4.64. The molecule has 10 heteroatoms. The molecule has 0 spiro atoms. The number of rotatable bonds is 8. The molecule has 3 rings (SSSR count). The van der Waals surface area contributed by atoms with E-state index in [9.17, 15) is 9.90 Å². The summed E-state index contributed by atoms with van der Waals surface area (Å²) in [4.78, 5) is 15.2. The van der Waals surface area contributed by atoms with E-state index in [1.165, 1.54) is 11.7 Å². The minimum atomic E-state index is -0.467. The van der Waals surface area contributed by atoms with E-state index >= 15 is 0 Å². The number of benzene rings is 1. The van der Waals surface area contributed by atoms with Gasteiger partial charge in [-0.05, 0) is 30.8 Å². The van der Waals surface area contributed by atoms with E-state index in [1.54, 1.807) is 20.3 Å². The Hall–Kier alpha value is -3.01. The molecule has 0 amide bonds. The van der Waals surface area contributed by atoms with Gasteiger partial charge in [0.1, 0.15) is 5.56 Å². The first kappa shape index (κ1) is 21.7. The molecule has 0 radical (unpaired) electrons. The minimum Gasteiger partial charge on any atom is -0.494 e. The summed E-state index contributed by atoms with van der Waals surface area (Å²) in [5.41, 5.74) is 3.92. The summed E-state index contributed by atoms with van der Waals surface area (Å²) < 4.78 is 18.1. The lowest BCUT2D eigenvalue weighted by atomic mass is 9.98. The molecule has 30 heavy (non-hydrogen) atoms. The fourth-order valence-electron chi connectivity index (χ4n) is 3.52. The fourth-order valence-corrected chi connectivity index (χ4v) is 3.79. The van der Waals surface area contributed by atoms with Crippen LogP contribution in [0.3, 0.4) is 0 Å². The van der Waals surface area contributed by atoms with E-state index < -0.39 is 5.56 Å². The van der Waals surface area contributed by atoms with Crippen molar-refractivity contribution in [2.24, 2.45) is 5.10 Å². The number of hydrogen-bond acceptors (Lipinski definition) is 8. The van der Waals surface area contributed by atoms with Crippen LogP contribution in [0.25, 0.3) is 0 Å². The third-order valence-corrected chi connectivity index (χ3v) is 5.38. The van der Waals surface area contributed by atoms with Crippen molar-refractivity contribution in [3.8, 4) is 23.1 Å². The SMILES string of the molecule is CCCCn1c(O)c(C2=NN[C@H](c3ccc(OC)c(OC)c3OC)C2)c(=O)[nH]c1=S. The highest BCUT2D eigenvalue weighted by molar-refractivity contribution is 7.71. The highest BCUT2D eigenvalue weighted by Gasteiger charge is 2.30. The van der Waals surface area contributed by atoms with E-state index in [4.69, 9.17) is 26.4 Å². The lowest BCUT2D eigenvalue weighted by Gasteiger charge is -2.19. The normalized spacial score (nSPS) is 15.5. The molecule has 0 saturated heterocycles. The van der Waals surface area contributed by atoms with Crippen LogP contribution in [0.1, 0.15) is 43.4 Å². The maximum absolute atomic E-state index is 12.6. The molecule has 1 aliphatic heterocycles. The van der Waals surface area contributed by atoms with Gasteiger partial charge in [0.2, 0.25) is 11.6 Å². The standard InChI is InChI=1S/C20H26N4O5S/c1-5-6-9-24-19(26)15(18(25)21-20(24)30)13-10-12(22-23-13)11-7-8-14(27-2)17(29-4)16(11)28-3/h7-8,12,22,26H,5-6,9-10H2,1-4H3,(H,21,25,30)/t12-/m0/s1. The van der Waals surface area contributed by atoms with Gasteiger partial charge in [0.05, 0.1) is 33.1 Å². The molecule has 1 aromatic carbocycles. The number of hydrogen-bond donors (Lipinski definition) is 3. The number of nitrogens with zero attached hydrogens (tertiary/aromatic N) is 2. The van der Waals surface area contributed by atoms with Crippen LogP contribution < -0.4 is 25.2 Å². The number of methoxy groups -OCH3 is 3. The molecule has 0 bridgehead atoms. The Kier molecular flexibility index (Phi) is 6.66. The topological polar surface area (TPSA) is 110 Å². The molecule has 9 nitrogen and oxygen atoms in total. The number of nitrogens with one attached hydrogen (secondary N) is 2. The number of hydrazone groups is 1. The van der Waals surface area contributed by atoms with Crippen molar-refractivity contribution in [3.05, 3.63) is 38.4 Å². The highest BCUT2D eigenvalue weighted by Crippen LogP contribution is 2.43. The molecule has 0 saturated carbocycles. The van der Waals surface area contributed by atoms with Crippen molar-refractivity contribution in [1.82, 2.24) is 15.0 Å². The molecule has 0 unspecified atom stereocenters. The van der Waals surface area contributed by atoms with Crippen LogP contribution in [-0.4, -0.2) is 41.7 Å². The second kappa shape index (κ2) is 9.21. The molecule has 1 aliphatic rings. The van der Waals surface area contributed by atoms with E-state index in [1.807, 2.05) is 13.0 Å². The number of unbranched alkanes of at least 4 members (excludes halogenated alkanes) is 1. The third kappa shape index (κ3) is 3.87. The predicted octanol–water partition coefficient (Wildman–Crippen LogP) is 2.88. The van der Waals surface area contributed by atoms with Gasteiger partial charge in [0, 0.05) is 18.5 Å². The quantitative estimate of drug-likeness (QED) is 0.548. The Labute approximate surface area is 179 Å². The van der Waals surface area contributed by atoms with Crippen molar-refractivity contribution < 1.29 is 19.3 Å². The summed E-state index contributed by atoms with van der Waals surface area (Å²) >= 11 is 5.21. The molecule has 2 heterocycles. The molecule has 3 N–H and O–H groups in total. The van der Waals surface area contributed by atoms with E-state index in [0.29, 0.717) is 35.9 Å². The van der Waals surface area contributed by atoms with Crippen molar-refractivity contribution in [1.29, 1.82) is 0 Å². The van der Waals surface area contributed by atoms with Gasteiger partial charge >= 0.3 is 0 Å². The summed E-state index contributed by atoms with van der Waals surface area (Å²) in [5, 5.41) is 15.1. The number of ether oxygens (including phenoxy) is 3. The minimum absolute atomic E-state index is 0.120. The zero-order valence-corrected chi connectivity index (χ0v) is 18.3. The fraction of sp³-hybridized carbons (Fsp3) is 0.450. The molecule has 162 valence electrons. The van der Waals surface area contributed by atoms with Crippen LogP contribution in [0.2, 0.25) is 0 Å². The molecule has 0 fully saturated rings. The monoisotopic (exact) mass is 434 g/mol. The van der Waals surface area contributed by atoms with Crippen LogP contribution in [-0.2, 0) is 6.54 Å². The number of aromatic hydroxyl groups is 1. The maximum Gasteiger partial charge on any atom is 0.264 e. The summed E-state index contributed by atoms with van der Waals surface area (Å²) in [6, 6.07) is 3.36. The van der Waals surface area contributed by atoms with E-state index in [2.05, 4.69) is 15.5 Å². The van der Waals surface area contributed by atoms with Gasteiger partial charge in [-0.1, -0.05) is 13.3 Å². The van der Waals surface area contributed by atoms with Crippen LogP contribution in [0.4, 0.5) is 0 Å². The van der Waals surface area contributed by atoms with Gasteiger partial charge < -0.3 is 24.7 Å². The zero-order valence-electron chi connectivity index (χ0n) is 17.4. The average molecular weight is 435 g/mol. The molecule has 2 aromatic rings. The van der Waals surface area contributed by atoms with E-state index in [0.717, 1.165) is 18.4 Å². The first-order chi connectivity index (χ1) is 14.5. The Bertz CT molecular complexity index is 1080. The first-order valence-corrected chi connectivity index (χ1v) is 10.0. The molecular weight excluding hydrogens is 408 g/mol. The van der Waals surface area contributed by atoms with Crippen LogP contribution in [0, 0.1) is 4.77 Å². The zero-order chi connectivity index (χ0) is 21.8. The molecular formula is C20H26N4O5S. The summed E-state index contributed by atoms with van der Waals surface area (Å²) in [6.45, 7) is 2.55. The van der Waals surface area contributed by atoms with Gasteiger partial charge in [0.25, 0.3) is 5.56 Å². The van der Waals surface area contributed by atoms with Crippen LogP contribution >= 0.6 is 12.2 Å². The maximum atomic E-state index is 12.6. The highest BCUT2D eigenvalue weighted by atomic mass is 32.1. The largest absolute Gasteiger partial charge is 0.494 e. The average Bonchev–Trinajstić information content (AvgIpc) is 3.21. The second-order valence-electron chi connectivity index (χ2n) is 6.83. The van der Waals surface area contributed by atoms with Gasteiger partial charge in [-0.3, -0.25) is 14.3 Å². The summed E-state index contributed by atoms with van der Waals surface area (Å²) in [5.74, 6) is 1.37. The Morgan fingerprint density at radius 2 is 1.97 bits per heavy atom. The van der Waals surface area contributed by atoms with Crippen molar-refractivity contribution in [3.63, 3.8) is 0 Å². The number of aromatic amines is 1. The molecule has 0 aliphatic carbocycles. The third-order valence-electron chi connectivity index (χ3n) is 5.06. The Morgan fingerprint density at radius 1 is 1.23 bits per heavy atom. The Balaban J connectivity index is 1.97. The van der Waals surface area contributed by atoms with Crippen LogP contribution in [0.15, 0.2) is 22.0 Å². The predicted molar refractivity (Wildman–Crippen MR) is 116 cm³/mol. The lowest BCUT2D eigenvalue weighted by Crippen LogP contribution is -2.23. The van der Waals surface area contributed by atoms with Crippen molar-refractivity contribution in [2.75, 3.05) is 21.3 Å². The van der Waals surface area contributed by atoms with Gasteiger partial charge in [0.15, 0.2) is 16.3 Å². The van der Waals surface area contributed by atoms with Gasteiger partial charge in [-0.15, -0.1) is 0 Å². The van der Waals surface area contributed by atoms with Crippen LogP contribution in [0.5, 0.6) is 23.1 Å². The molecule has 1 atom stereocenters. The number of aromatic nitrogens is 2. The summed E-state index contributed by atoms with van der Waals surface area (Å²) in [6.07, 6.45) is 2.12. The lowest BCUT2D eigenvalue weighted by molar-refractivity contribution is 0.320. The van der Waals surface area contributed by atoms with Crippen molar-refractivity contribution in [2.45, 2.75) is 38.8 Å². The first-order valence-electron chi connectivity index (χ1n) is 9.64. The van der Waals surface area contributed by atoms with Crippen molar-refractivity contribution >= 4 is 17.9 Å². The van der Waals surface area contributed by atoms with Gasteiger partial charge in [-0.25, -0.2) is 0 Å². The molecule has 1 aromatic heterocycles.